The summed E-state index contributed by atoms with van der Waals surface area (Å²) in [6.07, 6.45) is 0.102. The van der Waals surface area contributed by atoms with E-state index in [1.165, 1.54) is 25.5 Å². The van der Waals surface area contributed by atoms with Crippen molar-refractivity contribution in [3.05, 3.63) is 103 Å². The molecule has 0 aromatic heterocycles. The minimum atomic E-state index is -1.26. The summed E-state index contributed by atoms with van der Waals surface area (Å²) in [6, 6.07) is 12.9. The SMILES string of the molecule is CCOc1cc([C@@H]2NC(=O)NC(C)=C2C(=O)OC)ccc1OC[C@H](O)N/N=C/c1cccc(Oc2ccc([N+](=O)[O-])cc2[N+](=O)[O-])c1. The lowest BCUT2D eigenvalue weighted by atomic mass is 9.95. The van der Waals surface area contributed by atoms with E-state index in [1.807, 2.05) is 0 Å². The lowest BCUT2D eigenvalue weighted by Gasteiger charge is -2.28. The second kappa shape index (κ2) is 15.2. The summed E-state index contributed by atoms with van der Waals surface area (Å²) < 4.78 is 21.9. The minimum Gasteiger partial charge on any atom is -0.490 e. The first-order chi connectivity index (χ1) is 22.5. The summed E-state index contributed by atoms with van der Waals surface area (Å²) in [5.41, 5.74) is 3.12. The molecule has 0 unspecified atom stereocenters. The van der Waals surface area contributed by atoms with Gasteiger partial charge < -0.3 is 34.7 Å². The van der Waals surface area contributed by atoms with Crippen molar-refractivity contribution in [1.29, 1.82) is 0 Å². The molecule has 4 N–H and O–H groups in total. The number of nitro benzene ring substituents is 2. The maximum Gasteiger partial charge on any atom is 0.337 e. The molecule has 17 heteroatoms. The van der Waals surface area contributed by atoms with E-state index in [4.69, 9.17) is 18.9 Å². The van der Waals surface area contributed by atoms with Gasteiger partial charge in [-0.15, -0.1) is 0 Å². The highest BCUT2D eigenvalue weighted by atomic mass is 16.6. The van der Waals surface area contributed by atoms with Crippen LogP contribution in [0.3, 0.4) is 0 Å². The average molecular weight is 651 g/mol. The molecule has 3 aromatic carbocycles. The van der Waals surface area contributed by atoms with Gasteiger partial charge in [-0.25, -0.2) is 9.59 Å². The predicted molar refractivity (Wildman–Crippen MR) is 165 cm³/mol. The quantitative estimate of drug-likeness (QED) is 0.0642. The van der Waals surface area contributed by atoms with E-state index >= 15 is 0 Å². The Hall–Kier alpha value is -6.23. The number of aliphatic hydroxyl groups excluding tert-OH is 1. The number of nitrogens with zero attached hydrogens (tertiary/aromatic N) is 3. The first-order valence-corrected chi connectivity index (χ1v) is 13.9. The number of carbonyl (C=O) groups is 2. The molecule has 3 aromatic rings. The molecule has 17 nitrogen and oxygen atoms in total. The maximum atomic E-state index is 12.4. The number of urea groups is 1. The highest BCUT2D eigenvalue weighted by molar-refractivity contribution is 5.95. The van der Waals surface area contributed by atoms with Crippen LogP contribution in [-0.2, 0) is 9.53 Å². The minimum absolute atomic E-state index is 0.184. The zero-order valence-electron chi connectivity index (χ0n) is 25.3. The Morgan fingerprint density at radius 3 is 2.53 bits per heavy atom. The average Bonchev–Trinajstić information content (AvgIpc) is 3.03. The Morgan fingerprint density at radius 2 is 1.83 bits per heavy atom. The number of amides is 2. The van der Waals surface area contributed by atoms with Gasteiger partial charge in [-0.05, 0) is 55.3 Å². The van der Waals surface area contributed by atoms with Crippen molar-refractivity contribution >= 4 is 29.6 Å². The molecule has 1 aliphatic rings. The fourth-order valence-electron chi connectivity index (χ4n) is 4.45. The van der Waals surface area contributed by atoms with Crippen molar-refractivity contribution in [3.63, 3.8) is 0 Å². The van der Waals surface area contributed by atoms with Crippen molar-refractivity contribution in [3.8, 4) is 23.0 Å². The van der Waals surface area contributed by atoms with Crippen LogP contribution < -0.4 is 30.3 Å². The van der Waals surface area contributed by atoms with Crippen LogP contribution >= 0.6 is 0 Å². The van der Waals surface area contributed by atoms with Gasteiger partial charge in [0.25, 0.3) is 5.69 Å². The Morgan fingerprint density at radius 1 is 1.06 bits per heavy atom. The van der Waals surface area contributed by atoms with Gasteiger partial charge in [0, 0.05) is 11.8 Å². The molecule has 0 saturated heterocycles. The van der Waals surface area contributed by atoms with E-state index in [0.29, 0.717) is 22.6 Å². The molecule has 4 rings (SSSR count). The van der Waals surface area contributed by atoms with Gasteiger partial charge in [-0.1, -0.05) is 18.2 Å². The second-order valence-electron chi connectivity index (χ2n) is 9.76. The molecular formula is C30H30N6O11. The van der Waals surface area contributed by atoms with Gasteiger partial charge in [0.05, 0.1) is 47.5 Å². The lowest BCUT2D eigenvalue weighted by molar-refractivity contribution is -0.394. The van der Waals surface area contributed by atoms with E-state index in [0.717, 1.165) is 18.2 Å². The number of ether oxygens (including phenoxy) is 4. The predicted octanol–water partition coefficient (Wildman–Crippen LogP) is 3.82. The molecule has 0 aliphatic carbocycles. The van der Waals surface area contributed by atoms with Crippen LogP contribution in [0.4, 0.5) is 16.2 Å². The Kier molecular flexibility index (Phi) is 10.9. The summed E-state index contributed by atoms with van der Waals surface area (Å²) in [5.74, 6) is -0.00157. The number of carbonyl (C=O) groups excluding carboxylic acids is 2. The van der Waals surface area contributed by atoms with Crippen LogP contribution in [0.15, 0.2) is 77.0 Å². The Labute approximate surface area is 267 Å². The Balaban J connectivity index is 1.40. The summed E-state index contributed by atoms with van der Waals surface area (Å²) in [4.78, 5) is 45.4. The van der Waals surface area contributed by atoms with E-state index < -0.39 is 45.5 Å². The van der Waals surface area contributed by atoms with E-state index in [-0.39, 0.29) is 36.0 Å². The van der Waals surface area contributed by atoms with Gasteiger partial charge >= 0.3 is 17.7 Å². The van der Waals surface area contributed by atoms with Gasteiger partial charge in [-0.2, -0.15) is 5.10 Å². The molecule has 0 spiro atoms. The largest absolute Gasteiger partial charge is 0.490 e. The summed E-state index contributed by atoms with van der Waals surface area (Å²) >= 11 is 0. The number of allylic oxidation sites excluding steroid dienone is 1. The second-order valence-corrected chi connectivity index (χ2v) is 9.76. The molecule has 47 heavy (non-hydrogen) atoms. The van der Waals surface area contributed by atoms with Gasteiger partial charge in [0.15, 0.2) is 17.7 Å². The maximum absolute atomic E-state index is 12.4. The fraction of sp³-hybridized carbons (Fsp3) is 0.233. The van der Waals surface area contributed by atoms with Gasteiger partial charge in [-0.3, -0.25) is 25.7 Å². The lowest BCUT2D eigenvalue weighted by Crippen LogP contribution is -2.45. The highest BCUT2D eigenvalue weighted by Crippen LogP contribution is 2.36. The first kappa shape index (κ1) is 33.7. The van der Waals surface area contributed by atoms with E-state index in [1.54, 1.807) is 44.2 Å². The van der Waals surface area contributed by atoms with Crippen molar-refractivity contribution in [1.82, 2.24) is 16.1 Å². The molecule has 0 fully saturated rings. The molecule has 2 amide bonds. The molecular weight excluding hydrogens is 620 g/mol. The van der Waals surface area contributed by atoms with Crippen molar-refractivity contribution in [2.24, 2.45) is 5.10 Å². The zero-order valence-corrected chi connectivity index (χ0v) is 25.3. The Bertz CT molecular complexity index is 1740. The number of benzene rings is 3. The smallest absolute Gasteiger partial charge is 0.337 e. The van der Waals surface area contributed by atoms with Crippen LogP contribution in [0.25, 0.3) is 0 Å². The monoisotopic (exact) mass is 650 g/mol. The fourth-order valence-corrected chi connectivity index (χ4v) is 4.45. The van der Waals surface area contributed by atoms with Crippen LogP contribution in [0.1, 0.15) is 31.0 Å². The number of nitro groups is 2. The van der Waals surface area contributed by atoms with Gasteiger partial charge in [0.1, 0.15) is 12.4 Å². The molecule has 246 valence electrons. The topological polar surface area (TPSA) is 226 Å². The molecule has 0 saturated carbocycles. The first-order valence-electron chi connectivity index (χ1n) is 13.9. The number of hydrogen-bond acceptors (Lipinski definition) is 13. The van der Waals surface area contributed by atoms with Crippen LogP contribution in [0.5, 0.6) is 23.0 Å². The number of rotatable bonds is 14. The number of aliphatic hydroxyl groups is 1. The third-order valence-corrected chi connectivity index (χ3v) is 6.55. The zero-order chi connectivity index (χ0) is 34.1. The van der Waals surface area contributed by atoms with Crippen LogP contribution in [0.2, 0.25) is 0 Å². The highest BCUT2D eigenvalue weighted by Gasteiger charge is 2.32. The van der Waals surface area contributed by atoms with E-state index in [2.05, 4.69) is 21.2 Å². The van der Waals surface area contributed by atoms with E-state index in [9.17, 15) is 34.9 Å². The number of non-ortho nitro benzene ring substituents is 1. The normalized spacial score (nSPS) is 14.9. The van der Waals surface area contributed by atoms with Crippen molar-refractivity contribution in [2.75, 3.05) is 20.3 Å². The van der Waals surface area contributed by atoms with Crippen LogP contribution in [-0.4, -0.2) is 59.7 Å². The molecule has 1 aliphatic heterocycles. The van der Waals surface area contributed by atoms with Crippen molar-refractivity contribution < 1.29 is 43.5 Å². The third kappa shape index (κ3) is 8.49. The molecule has 1 heterocycles. The number of esters is 1. The number of hydrogen-bond donors (Lipinski definition) is 4. The van der Waals surface area contributed by atoms with Gasteiger partial charge in [0.2, 0.25) is 5.75 Å². The number of nitrogens with one attached hydrogen (secondary N) is 3. The van der Waals surface area contributed by atoms with Crippen LogP contribution in [0, 0.1) is 20.2 Å². The van der Waals surface area contributed by atoms with Crippen molar-refractivity contribution in [2.45, 2.75) is 26.1 Å². The number of hydrazone groups is 1. The molecule has 2 atom stereocenters. The molecule has 0 radical (unpaired) electrons. The summed E-state index contributed by atoms with van der Waals surface area (Å²) in [7, 11) is 1.24. The summed E-state index contributed by atoms with van der Waals surface area (Å²) in [5, 5.41) is 42.0. The standard InChI is InChI=1S/C30H30N6O11/c1-4-45-25-13-19(28-27(29(38)44-3)17(2)32-30(39)33-28)8-10-24(25)46-16-26(37)34-31-15-18-6-5-7-21(12-18)47-23-11-9-20(35(40)41)14-22(23)36(42)43/h5-15,26,28,34,37H,4,16H2,1-3H3,(H2,32,33,39)/b31-15+/t26-,28-/m0/s1. The molecule has 0 bridgehead atoms. The number of methoxy groups -OCH3 is 1. The summed E-state index contributed by atoms with van der Waals surface area (Å²) in [6.45, 7) is 3.39. The third-order valence-electron chi connectivity index (χ3n) is 6.55.